The first-order chi connectivity index (χ1) is 13.5. The van der Waals surface area contributed by atoms with Crippen LogP contribution < -0.4 is 10.6 Å². The van der Waals surface area contributed by atoms with E-state index in [0.717, 1.165) is 44.1 Å². The zero-order valence-electron chi connectivity index (χ0n) is 17.6. The summed E-state index contributed by atoms with van der Waals surface area (Å²) >= 11 is 0. The van der Waals surface area contributed by atoms with Gasteiger partial charge in [0.2, 0.25) is 17.7 Å². The Labute approximate surface area is 169 Å². The Morgan fingerprint density at radius 2 is 1.57 bits per heavy atom. The van der Waals surface area contributed by atoms with Crippen LogP contribution in [-0.2, 0) is 14.4 Å². The maximum Gasteiger partial charge on any atom is 0.243 e. The SMILES string of the molecule is CCCCCCC(=O)N(CCCC)CC(=O)NCC(=O)Nc1ccc(C)cc1. The number of rotatable bonds is 13. The van der Waals surface area contributed by atoms with Gasteiger partial charge in [0, 0.05) is 18.7 Å². The molecule has 0 saturated carbocycles. The first-order valence-electron chi connectivity index (χ1n) is 10.4. The molecular formula is C22H35N3O3. The van der Waals surface area contributed by atoms with Gasteiger partial charge in [0.1, 0.15) is 0 Å². The summed E-state index contributed by atoms with van der Waals surface area (Å²) in [5.41, 5.74) is 1.80. The third-order valence-electron chi connectivity index (χ3n) is 4.49. The molecule has 0 fully saturated rings. The largest absolute Gasteiger partial charge is 0.345 e. The summed E-state index contributed by atoms with van der Waals surface area (Å²) in [5.74, 6) is -0.580. The fourth-order valence-electron chi connectivity index (χ4n) is 2.75. The van der Waals surface area contributed by atoms with Crippen LogP contribution in [0.25, 0.3) is 0 Å². The van der Waals surface area contributed by atoms with Crippen LogP contribution in [0.2, 0.25) is 0 Å². The highest BCUT2D eigenvalue weighted by Gasteiger charge is 2.17. The van der Waals surface area contributed by atoms with Gasteiger partial charge in [0.15, 0.2) is 0 Å². The third-order valence-corrected chi connectivity index (χ3v) is 4.49. The molecule has 0 aliphatic rings. The number of unbranched alkanes of at least 4 members (excludes halogenated alkanes) is 4. The molecule has 0 bridgehead atoms. The molecule has 3 amide bonds. The smallest absolute Gasteiger partial charge is 0.243 e. The molecule has 0 atom stereocenters. The standard InChI is InChI=1S/C22H35N3O3/c1-4-6-8-9-10-22(28)25(15-7-5-2)17-21(27)23-16-20(26)24-19-13-11-18(3)12-14-19/h11-14H,4-10,15-17H2,1-3H3,(H,23,27)(H,24,26). The Balaban J connectivity index is 2.42. The number of aryl methyl sites for hydroxylation is 1. The topological polar surface area (TPSA) is 78.5 Å². The predicted molar refractivity (Wildman–Crippen MR) is 113 cm³/mol. The molecule has 1 aromatic rings. The van der Waals surface area contributed by atoms with E-state index in [1.165, 1.54) is 0 Å². The molecule has 2 N–H and O–H groups in total. The van der Waals surface area contributed by atoms with Crippen LogP contribution in [0.3, 0.4) is 0 Å². The maximum absolute atomic E-state index is 12.4. The fraction of sp³-hybridized carbons (Fsp3) is 0.591. The molecule has 0 aliphatic heterocycles. The minimum absolute atomic E-state index is 0.00439. The highest BCUT2D eigenvalue weighted by Crippen LogP contribution is 2.08. The number of carbonyl (C=O) groups excluding carboxylic acids is 3. The summed E-state index contributed by atoms with van der Waals surface area (Å²) in [4.78, 5) is 38.2. The predicted octanol–water partition coefficient (Wildman–Crippen LogP) is 3.65. The van der Waals surface area contributed by atoms with Crippen molar-refractivity contribution in [3.8, 4) is 0 Å². The molecule has 1 aromatic carbocycles. The van der Waals surface area contributed by atoms with Crippen molar-refractivity contribution in [3.63, 3.8) is 0 Å². The summed E-state index contributed by atoms with van der Waals surface area (Å²) in [6, 6.07) is 7.45. The number of benzene rings is 1. The van der Waals surface area contributed by atoms with Crippen LogP contribution in [0.1, 0.15) is 64.4 Å². The quantitative estimate of drug-likeness (QED) is 0.506. The van der Waals surface area contributed by atoms with Gasteiger partial charge in [0.05, 0.1) is 13.1 Å². The van der Waals surface area contributed by atoms with E-state index in [-0.39, 0.29) is 30.8 Å². The zero-order chi connectivity index (χ0) is 20.8. The molecule has 0 unspecified atom stereocenters. The van der Waals surface area contributed by atoms with Gasteiger partial charge in [-0.25, -0.2) is 0 Å². The number of carbonyl (C=O) groups is 3. The lowest BCUT2D eigenvalue weighted by molar-refractivity contribution is -0.136. The van der Waals surface area contributed by atoms with Gasteiger partial charge in [-0.1, -0.05) is 57.2 Å². The summed E-state index contributed by atoms with van der Waals surface area (Å²) in [5, 5.41) is 5.35. The molecule has 1 rings (SSSR count). The van der Waals surface area contributed by atoms with E-state index in [1.54, 1.807) is 4.90 Å². The van der Waals surface area contributed by atoms with Gasteiger partial charge in [-0.3, -0.25) is 14.4 Å². The lowest BCUT2D eigenvalue weighted by Crippen LogP contribution is -2.43. The second kappa shape index (κ2) is 13.7. The van der Waals surface area contributed by atoms with Crippen LogP contribution in [0.4, 0.5) is 5.69 Å². The minimum Gasteiger partial charge on any atom is -0.345 e. The number of amides is 3. The number of nitrogens with one attached hydrogen (secondary N) is 2. The van der Waals surface area contributed by atoms with Crippen molar-refractivity contribution < 1.29 is 14.4 Å². The third kappa shape index (κ3) is 10.1. The second-order valence-corrected chi connectivity index (χ2v) is 7.17. The number of hydrogen-bond acceptors (Lipinski definition) is 3. The average Bonchev–Trinajstić information content (AvgIpc) is 2.68. The van der Waals surface area contributed by atoms with Crippen LogP contribution in [0, 0.1) is 6.92 Å². The summed E-state index contributed by atoms with van der Waals surface area (Å²) in [7, 11) is 0. The molecule has 0 radical (unpaired) electrons. The summed E-state index contributed by atoms with van der Waals surface area (Å²) in [6.07, 6.45) is 6.44. The zero-order valence-corrected chi connectivity index (χ0v) is 17.6. The minimum atomic E-state index is -0.308. The van der Waals surface area contributed by atoms with Crippen molar-refractivity contribution in [1.29, 1.82) is 0 Å². The Morgan fingerprint density at radius 3 is 2.21 bits per heavy atom. The van der Waals surface area contributed by atoms with E-state index in [1.807, 2.05) is 31.2 Å². The van der Waals surface area contributed by atoms with Gasteiger partial charge in [-0.15, -0.1) is 0 Å². The molecule has 0 heterocycles. The first-order valence-corrected chi connectivity index (χ1v) is 10.4. The Hall–Kier alpha value is -2.37. The molecular weight excluding hydrogens is 354 g/mol. The summed E-state index contributed by atoms with van der Waals surface area (Å²) in [6.45, 7) is 6.63. The molecule has 156 valence electrons. The van der Waals surface area contributed by atoms with Crippen molar-refractivity contribution in [2.75, 3.05) is 25.0 Å². The van der Waals surface area contributed by atoms with Crippen LogP contribution in [0.15, 0.2) is 24.3 Å². The summed E-state index contributed by atoms with van der Waals surface area (Å²) < 4.78 is 0. The molecule has 0 aromatic heterocycles. The Bertz CT molecular complexity index is 614. The molecule has 6 heteroatoms. The lowest BCUT2D eigenvalue weighted by atomic mass is 10.1. The van der Waals surface area contributed by atoms with Crippen LogP contribution >= 0.6 is 0 Å². The molecule has 0 aliphatic carbocycles. The maximum atomic E-state index is 12.4. The second-order valence-electron chi connectivity index (χ2n) is 7.17. The molecule has 0 spiro atoms. The monoisotopic (exact) mass is 389 g/mol. The number of hydrogen-bond donors (Lipinski definition) is 2. The normalized spacial score (nSPS) is 10.4. The van der Waals surface area contributed by atoms with Crippen LogP contribution in [-0.4, -0.2) is 42.3 Å². The molecule has 28 heavy (non-hydrogen) atoms. The van der Waals surface area contributed by atoms with E-state index in [2.05, 4.69) is 24.5 Å². The molecule has 6 nitrogen and oxygen atoms in total. The van der Waals surface area contributed by atoms with Gasteiger partial charge in [-0.05, 0) is 31.9 Å². The number of anilines is 1. The average molecular weight is 390 g/mol. The van der Waals surface area contributed by atoms with Crippen molar-refractivity contribution >= 4 is 23.4 Å². The highest BCUT2D eigenvalue weighted by molar-refractivity contribution is 5.95. The number of nitrogens with zero attached hydrogens (tertiary/aromatic N) is 1. The van der Waals surface area contributed by atoms with Crippen molar-refractivity contribution in [2.45, 2.75) is 65.7 Å². The van der Waals surface area contributed by atoms with Gasteiger partial charge in [0.25, 0.3) is 0 Å². The van der Waals surface area contributed by atoms with Crippen molar-refractivity contribution in [1.82, 2.24) is 10.2 Å². The van der Waals surface area contributed by atoms with Gasteiger partial charge >= 0.3 is 0 Å². The Morgan fingerprint density at radius 1 is 0.893 bits per heavy atom. The Kier molecular flexibility index (Phi) is 11.6. The van der Waals surface area contributed by atoms with Crippen molar-refractivity contribution in [2.24, 2.45) is 0 Å². The first kappa shape index (κ1) is 23.7. The van der Waals surface area contributed by atoms with Gasteiger partial charge < -0.3 is 15.5 Å². The van der Waals surface area contributed by atoms with E-state index >= 15 is 0 Å². The molecule has 0 saturated heterocycles. The van der Waals surface area contributed by atoms with E-state index in [9.17, 15) is 14.4 Å². The van der Waals surface area contributed by atoms with Crippen LogP contribution in [0.5, 0.6) is 0 Å². The fourth-order valence-corrected chi connectivity index (χ4v) is 2.75. The van der Waals surface area contributed by atoms with Crippen molar-refractivity contribution in [3.05, 3.63) is 29.8 Å². The lowest BCUT2D eigenvalue weighted by Gasteiger charge is -2.22. The van der Waals surface area contributed by atoms with Gasteiger partial charge in [-0.2, -0.15) is 0 Å². The highest BCUT2D eigenvalue weighted by atomic mass is 16.2. The van der Waals surface area contributed by atoms with E-state index in [4.69, 9.17) is 0 Å². The van der Waals surface area contributed by atoms with E-state index < -0.39 is 0 Å². The van der Waals surface area contributed by atoms with E-state index in [0.29, 0.717) is 18.7 Å².